The minimum Gasteiger partial charge on any atom is -0.307 e. The highest BCUT2D eigenvalue weighted by Crippen LogP contribution is 2.64. The van der Waals surface area contributed by atoms with E-state index >= 15 is 0 Å². The first-order valence-corrected chi connectivity index (χ1v) is 11.5. The molecule has 0 aromatic rings. The van der Waals surface area contributed by atoms with Crippen LogP contribution in [0.2, 0.25) is 0 Å². The molecule has 0 unspecified atom stereocenters. The van der Waals surface area contributed by atoms with Crippen molar-refractivity contribution in [3.63, 3.8) is 0 Å². The molecule has 1 aliphatic heterocycles. The molecule has 0 radical (unpaired) electrons. The molecule has 1 heterocycles. The largest absolute Gasteiger partial charge is 0.307 e. The van der Waals surface area contributed by atoms with Crippen LogP contribution < -0.4 is 5.32 Å². The Balaban J connectivity index is 1.85. The third-order valence-corrected chi connectivity index (χ3v) is 9.72. The van der Waals surface area contributed by atoms with Crippen LogP contribution in [0, 0.1) is 16.7 Å². The Morgan fingerprint density at radius 1 is 1.08 bits per heavy atom. The lowest BCUT2D eigenvalue weighted by Gasteiger charge is -2.49. The topological polar surface area (TPSA) is 66.5 Å². The van der Waals surface area contributed by atoms with Crippen molar-refractivity contribution < 1.29 is 13.2 Å². The number of rotatable bonds is 4. The summed E-state index contributed by atoms with van der Waals surface area (Å²) in [5, 5.41) is 3.61. The van der Waals surface area contributed by atoms with Gasteiger partial charge in [0.05, 0.1) is 5.75 Å². The van der Waals surface area contributed by atoms with Gasteiger partial charge in [-0.25, -0.2) is 12.7 Å². The molecule has 5 nitrogen and oxygen atoms in total. The highest BCUT2D eigenvalue weighted by molar-refractivity contribution is 7.89. The summed E-state index contributed by atoms with van der Waals surface area (Å²) in [6.07, 6.45) is 3.81. The Hall–Kier alpha value is -0.460. The van der Waals surface area contributed by atoms with E-state index in [1.165, 1.54) is 0 Å². The van der Waals surface area contributed by atoms with Crippen LogP contribution in [0.4, 0.5) is 0 Å². The molecular formula is C20H36N2O3S. The predicted molar refractivity (Wildman–Crippen MR) is 104 cm³/mol. The molecule has 6 heteroatoms. The van der Waals surface area contributed by atoms with Crippen LogP contribution in [0.1, 0.15) is 73.6 Å². The molecule has 0 aromatic heterocycles. The minimum atomic E-state index is -3.51. The van der Waals surface area contributed by atoms with E-state index in [0.717, 1.165) is 25.7 Å². The van der Waals surface area contributed by atoms with E-state index in [9.17, 15) is 13.2 Å². The summed E-state index contributed by atoms with van der Waals surface area (Å²) in [6.45, 7) is 12.7. The molecule has 2 saturated carbocycles. The minimum absolute atomic E-state index is 0.0242. The number of sulfonamides is 1. The molecule has 0 amide bonds. The van der Waals surface area contributed by atoms with Crippen LogP contribution in [0.25, 0.3) is 0 Å². The van der Waals surface area contributed by atoms with Crippen molar-refractivity contribution in [3.05, 3.63) is 0 Å². The Morgan fingerprint density at radius 2 is 1.62 bits per heavy atom. The summed E-state index contributed by atoms with van der Waals surface area (Å²) in [6, 6.07) is -0.0422. The predicted octanol–water partition coefficient (Wildman–Crippen LogP) is 2.95. The first-order chi connectivity index (χ1) is 11.6. The molecule has 2 aliphatic carbocycles. The highest BCUT2D eigenvalue weighted by atomic mass is 32.2. The number of nitrogens with one attached hydrogen (secondary N) is 1. The number of carbonyl (C=O) groups is 1. The summed E-state index contributed by atoms with van der Waals surface area (Å²) in [4.78, 5) is 12.8. The molecule has 26 heavy (non-hydrogen) atoms. The smallest absolute Gasteiger partial charge is 0.215 e. The van der Waals surface area contributed by atoms with E-state index in [1.54, 1.807) is 11.4 Å². The number of Topliss-reactive ketones (excluding diaryl/α,β-unsaturated/α-hetero) is 1. The number of carbonyl (C=O) groups excluding carboxylic acids is 1. The number of piperidine rings is 1. The Bertz CT molecular complexity index is 695. The van der Waals surface area contributed by atoms with Gasteiger partial charge in [-0.2, -0.15) is 0 Å². The van der Waals surface area contributed by atoms with Crippen molar-refractivity contribution in [1.29, 1.82) is 0 Å². The van der Waals surface area contributed by atoms with Crippen molar-refractivity contribution in [2.24, 2.45) is 16.7 Å². The summed E-state index contributed by atoms with van der Waals surface area (Å²) in [5.41, 5.74) is -1.14. The first kappa shape index (κ1) is 20.3. The van der Waals surface area contributed by atoms with Gasteiger partial charge in [-0.3, -0.25) is 4.79 Å². The number of hydrogen-bond donors (Lipinski definition) is 1. The molecule has 1 saturated heterocycles. The zero-order chi connectivity index (χ0) is 19.8. The zero-order valence-electron chi connectivity index (χ0n) is 17.5. The van der Waals surface area contributed by atoms with Gasteiger partial charge in [0.1, 0.15) is 5.78 Å². The number of nitrogens with zero attached hydrogens (tertiary/aromatic N) is 1. The zero-order valence-corrected chi connectivity index (χ0v) is 18.3. The monoisotopic (exact) mass is 384 g/mol. The molecule has 3 fully saturated rings. The van der Waals surface area contributed by atoms with Gasteiger partial charge in [-0.05, 0) is 64.7 Å². The van der Waals surface area contributed by atoms with E-state index in [2.05, 4.69) is 46.9 Å². The maximum Gasteiger partial charge on any atom is 0.215 e. The lowest BCUT2D eigenvalue weighted by Crippen LogP contribution is -2.62. The van der Waals surface area contributed by atoms with Crippen LogP contribution in [0.3, 0.4) is 0 Å². The summed E-state index contributed by atoms with van der Waals surface area (Å²) in [5.74, 6) is 0.484. The van der Waals surface area contributed by atoms with Gasteiger partial charge in [0, 0.05) is 36.0 Å². The number of ketones is 1. The fourth-order valence-corrected chi connectivity index (χ4v) is 8.38. The van der Waals surface area contributed by atoms with Crippen LogP contribution in [0.15, 0.2) is 0 Å². The van der Waals surface area contributed by atoms with Gasteiger partial charge in [0.2, 0.25) is 10.0 Å². The highest BCUT2D eigenvalue weighted by Gasteiger charge is 2.65. The quantitative estimate of drug-likeness (QED) is 0.809. The average molecular weight is 385 g/mol. The van der Waals surface area contributed by atoms with Crippen LogP contribution in [0.5, 0.6) is 0 Å². The summed E-state index contributed by atoms with van der Waals surface area (Å²) >= 11 is 0. The Labute approximate surface area is 159 Å². The third kappa shape index (κ3) is 3.06. The molecule has 3 aliphatic rings. The van der Waals surface area contributed by atoms with Crippen molar-refractivity contribution in [3.8, 4) is 0 Å². The van der Waals surface area contributed by atoms with E-state index < -0.39 is 15.4 Å². The Kier molecular flexibility index (Phi) is 4.50. The molecule has 0 aromatic carbocycles. The van der Waals surface area contributed by atoms with E-state index in [-0.39, 0.29) is 34.1 Å². The number of fused-ring (bicyclic) bond motifs is 2. The third-order valence-electron chi connectivity index (χ3n) is 7.69. The normalized spacial score (nSPS) is 36.0. The van der Waals surface area contributed by atoms with Crippen LogP contribution in [-0.2, 0) is 14.8 Å². The van der Waals surface area contributed by atoms with Gasteiger partial charge in [0.15, 0.2) is 0 Å². The summed E-state index contributed by atoms with van der Waals surface area (Å²) < 4.78 is 28.3. The lowest BCUT2D eigenvalue weighted by atomic mass is 9.70. The molecule has 0 spiro atoms. The van der Waals surface area contributed by atoms with Gasteiger partial charge in [-0.1, -0.05) is 13.8 Å². The second-order valence-electron chi connectivity index (χ2n) is 10.9. The Morgan fingerprint density at radius 3 is 2.04 bits per heavy atom. The van der Waals surface area contributed by atoms with Gasteiger partial charge in [-0.15, -0.1) is 0 Å². The maximum absolute atomic E-state index is 13.4. The molecule has 2 atom stereocenters. The summed E-state index contributed by atoms with van der Waals surface area (Å²) in [7, 11) is -1.79. The SMILES string of the molecule is CN(C1CC(C)(C)NC(C)(C)C1)S(=O)(=O)C[C@]12CC[C@H](CC1=O)C2(C)C. The fraction of sp³-hybridized carbons (Fsp3) is 0.950. The maximum atomic E-state index is 13.4. The molecule has 150 valence electrons. The molecule has 2 bridgehead atoms. The van der Waals surface area contributed by atoms with E-state index in [1.807, 2.05) is 0 Å². The lowest BCUT2D eigenvalue weighted by molar-refractivity contribution is -0.128. The van der Waals surface area contributed by atoms with Gasteiger partial charge >= 0.3 is 0 Å². The van der Waals surface area contributed by atoms with Crippen molar-refractivity contribution in [2.45, 2.75) is 90.8 Å². The van der Waals surface area contributed by atoms with Crippen molar-refractivity contribution >= 4 is 15.8 Å². The second-order valence-corrected chi connectivity index (χ2v) is 12.9. The van der Waals surface area contributed by atoms with Gasteiger partial charge < -0.3 is 5.32 Å². The van der Waals surface area contributed by atoms with E-state index in [0.29, 0.717) is 12.3 Å². The molecule has 3 rings (SSSR count). The average Bonchev–Trinajstić information content (AvgIpc) is 2.76. The van der Waals surface area contributed by atoms with Crippen molar-refractivity contribution in [1.82, 2.24) is 9.62 Å². The van der Waals surface area contributed by atoms with Crippen molar-refractivity contribution in [2.75, 3.05) is 12.8 Å². The van der Waals surface area contributed by atoms with E-state index in [4.69, 9.17) is 0 Å². The fourth-order valence-electron chi connectivity index (χ4n) is 6.27. The number of hydrogen-bond acceptors (Lipinski definition) is 4. The van der Waals surface area contributed by atoms with Crippen LogP contribution in [-0.4, -0.2) is 48.4 Å². The first-order valence-electron chi connectivity index (χ1n) is 9.90. The molecule has 1 N–H and O–H groups in total. The standard InChI is InChI=1S/C20H36N2O3S/c1-17(2)11-15(12-18(3,4)21-17)22(7)26(24,25)13-20-9-8-14(10-16(20)23)19(20,5)6/h14-15,21H,8-13H2,1-7H3/t14-,20-/m1/s1. The molecular weight excluding hydrogens is 348 g/mol. The van der Waals surface area contributed by atoms with Crippen LogP contribution >= 0.6 is 0 Å². The second kappa shape index (κ2) is 5.77. The van der Waals surface area contributed by atoms with Gasteiger partial charge in [0.25, 0.3) is 0 Å².